The standard InChI is InChI=1S/C21H26N2O5/c1-3-26-20-13-16(14-22-23-11-5-4-6-12-23)7-9-18(20)27-15-17-8-10-19(28-17)21(24)25-2/h7-10,13-14H,3-6,11-12,15H2,1-2H3/b22-14+. The maximum Gasteiger partial charge on any atom is 0.373 e. The lowest BCUT2D eigenvalue weighted by molar-refractivity contribution is 0.0561. The van der Waals surface area contributed by atoms with E-state index < -0.39 is 5.97 Å². The van der Waals surface area contributed by atoms with Gasteiger partial charge in [0.25, 0.3) is 0 Å². The molecule has 2 heterocycles. The monoisotopic (exact) mass is 386 g/mol. The molecule has 0 atom stereocenters. The Morgan fingerprint density at radius 3 is 2.71 bits per heavy atom. The second kappa shape index (κ2) is 9.82. The minimum Gasteiger partial charge on any atom is -0.490 e. The predicted molar refractivity (Wildman–Crippen MR) is 105 cm³/mol. The number of hydrogen-bond donors (Lipinski definition) is 0. The van der Waals surface area contributed by atoms with Crippen LogP contribution in [0.1, 0.15) is 48.1 Å². The Bertz CT molecular complexity index is 809. The van der Waals surface area contributed by atoms with Crippen LogP contribution >= 0.6 is 0 Å². The van der Waals surface area contributed by atoms with E-state index in [-0.39, 0.29) is 12.4 Å². The van der Waals surface area contributed by atoms with Crippen molar-refractivity contribution in [3.05, 3.63) is 47.4 Å². The summed E-state index contributed by atoms with van der Waals surface area (Å²) in [6.45, 7) is 4.64. The summed E-state index contributed by atoms with van der Waals surface area (Å²) < 4.78 is 21.6. The molecule has 0 spiro atoms. The normalized spacial score (nSPS) is 14.3. The highest BCUT2D eigenvalue weighted by Gasteiger charge is 2.13. The number of ether oxygens (including phenoxy) is 3. The summed E-state index contributed by atoms with van der Waals surface area (Å²) in [5, 5.41) is 6.66. The Balaban J connectivity index is 1.65. The molecule has 2 aromatic rings. The van der Waals surface area contributed by atoms with Gasteiger partial charge in [-0.2, -0.15) is 5.10 Å². The van der Waals surface area contributed by atoms with Crippen molar-refractivity contribution in [2.45, 2.75) is 32.8 Å². The molecule has 1 aliphatic rings. The molecule has 1 aliphatic heterocycles. The summed E-state index contributed by atoms with van der Waals surface area (Å²) >= 11 is 0. The van der Waals surface area contributed by atoms with Crippen molar-refractivity contribution in [3.8, 4) is 11.5 Å². The Hall–Kier alpha value is -2.96. The third-order valence-electron chi connectivity index (χ3n) is 4.39. The molecule has 0 radical (unpaired) electrons. The van der Waals surface area contributed by atoms with Crippen molar-refractivity contribution in [1.82, 2.24) is 5.01 Å². The van der Waals surface area contributed by atoms with Gasteiger partial charge in [-0.05, 0) is 62.1 Å². The number of carbonyl (C=O) groups is 1. The Morgan fingerprint density at radius 1 is 1.14 bits per heavy atom. The zero-order valence-corrected chi connectivity index (χ0v) is 16.3. The molecular weight excluding hydrogens is 360 g/mol. The van der Waals surface area contributed by atoms with E-state index in [9.17, 15) is 4.79 Å². The van der Waals surface area contributed by atoms with Crippen molar-refractivity contribution in [2.24, 2.45) is 5.10 Å². The maximum atomic E-state index is 11.5. The van der Waals surface area contributed by atoms with Gasteiger partial charge in [0.2, 0.25) is 5.76 Å². The molecule has 0 aliphatic carbocycles. The average Bonchev–Trinajstić information content (AvgIpc) is 3.21. The fraction of sp³-hybridized carbons (Fsp3) is 0.429. The van der Waals surface area contributed by atoms with E-state index in [4.69, 9.17) is 13.9 Å². The van der Waals surface area contributed by atoms with Gasteiger partial charge in [-0.3, -0.25) is 5.01 Å². The topological polar surface area (TPSA) is 73.5 Å². The van der Waals surface area contributed by atoms with Crippen LogP contribution in [0.4, 0.5) is 0 Å². The lowest BCUT2D eigenvalue weighted by Crippen LogP contribution is -2.24. The highest BCUT2D eigenvalue weighted by Crippen LogP contribution is 2.29. The van der Waals surface area contributed by atoms with Crippen molar-refractivity contribution < 1.29 is 23.4 Å². The summed E-state index contributed by atoms with van der Waals surface area (Å²) in [6, 6.07) is 8.95. The van der Waals surface area contributed by atoms with Gasteiger partial charge in [-0.25, -0.2) is 4.79 Å². The highest BCUT2D eigenvalue weighted by atomic mass is 16.5. The minimum absolute atomic E-state index is 0.149. The van der Waals surface area contributed by atoms with Crippen LogP contribution in [0.25, 0.3) is 0 Å². The van der Waals surface area contributed by atoms with Crippen molar-refractivity contribution in [3.63, 3.8) is 0 Å². The first-order valence-corrected chi connectivity index (χ1v) is 9.55. The van der Waals surface area contributed by atoms with E-state index in [1.807, 2.05) is 31.3 Å². The molecule has 0 unspecified atom stereocenters. The second-order valence-electron chi connectivity index (χ2n) is 6.44. The van der Waals surface area contributed by atoms with Crippen LogP contribution in [0.15, 0.2) is 39.9 Å². The molecule has 7 heteroatoms. The molecule has 3 rings (SSSR count). The van der Waals surface area contributed by atoms with Gasteiger partial charge in [-0.1, -0.05) is 0 Å². The largest absolute Gasteiger partial charge is 0.490 e. The number of esters is 1. The summed E-state index contributed by atoms with van der Waals surface area (Å²) in [5.74, 6) is 1.41. The number of benzene rings is 1. The number of hydrogen-bond acceptors (Lipinski definition) is 7. The van der Waals surface area contributed by atoms with Crippen molar-refractivity contribution >= 4 is 12.2 Å². The first-order chi connectivity index (χ1) is 13.7. The van der Waals surface area contributed by atoms with Gasteiger partial charge < -0.3 is 18.6 Å². The number of hydrazone groups is 1. The SMILES string of the molecule is CCOc1cc(/C=N/N2CCCCC2)ccc1OCc1ccc(C(=O)OC)o1. The predicted octanol–water partition coefficient (Wildman–Crippen LogP) is 3.86. The van der Waals surface area contributed by atoms with Crippen LogP contribution in [0, 0.1) is 0 Å². The summed E-state index contributed by atoms with van der Waals surface area (Å²) in [5.41, 5.74) is 0.951. The molecule has 1 aromatic heterocycles. The number of rotatable bonds is 8. The lowest BCUT2D eigenvalue weighted by atomic mass is 10.2. The van der Waals surface area contributed by atoms with Crippen LogP contribution < -0.4 is 9.47 Å². The number of methoxy groups -OCH3 is 1. The Morgan fingerprint density at radius 2 is 1.96 bits per heavy atom. The van der Waals surface area contributed by atoms with Gasteiger partial charge in [0.1, 0.15) is 12.4 Å². The average molecular weight is 386 g/mol. The number of nitrogens with zero attached hydrogens (tertiary/aromatic N) is 2. The summed E-state index contributed by atoms with van der Waals surface area (Å²) in [7, 11) is 1.31. The van der Waals surface area contributed by atoms with Crippen molar-refractivity contribution in [2.75, 3.05) is 26.8 Å². The molecule has 1 fully saturated rings. The zero-order chi connectivity index (χ0) is 19.8. The highest BCUT2D eigenvalue weighted by molar-refractivity contribution is 5.86. The van der Waals surface area contributed by atoms with E-state index in [1.54, 1.807) is 12.1 Å². The number of piperidine rings is 1. The third-order valence-corrected chi connectivity index (χ3v) is 4.39. The van der Waals surface area contributed by atoms with Gasteiger partial charge in [-0.15, -0.1) is 0 Å². The van der Waals surface area contributed by atoms with Gasteiger partial charge in [0, 0.05) is 13.1 Å². The molecule has 7 nitrogen and oxygen atoms in total. The van der Waals surface area contributed by atoms with E-state index in [0.717, 1.165) is 18.7 Å². The smallest absolute Gasteiger partial charge is 0.373 e. The van der Waals surface area contributed by atoms with Crippen LogP contribution in [0.5, 0.6) is 11.5 Å². The summed E-state index contributed by atoms with van der Waals surface area (Å²) in [4.78, 5) is 11.5. The molecular formula is C21H26N2O5. The van der Waals surface area contributed by atoms with Gasteiger partial charge >= 0.3 is 5.97 Å². The zero-order valence-electron chi connectivity index (χ0n) is 16.3. The molecule has 28 heavy (non-hydrogen) atoms. The minimum atomic E-state index is -0.515. The summed E-state index contributed by atoms with van der Waals surface area (Å²) in [6.07, 6.45) is 5.52. The number of carbonyl (C=O) groups excluding carboxylic acids is 1. The third kappa shape index (κ3) is 5.28. The van der Waals surface area contributed by atoms with E-state index >= 15 is 0 Å². The van der Waals surface area contributed by atoms with E-state index in [2.05, 4.69) is 14.8 Å². The van der Waals surface area contributed by atoms with Gasteiger partial charge in [0.05, 0.1) is 19.9 Å². The maximum absolute atomic E-state index is 11.5. The molecule has 0 saturated carbocycles. The first-order valence-electron chi connectivity index (χ1n) is 9.55. The molecule has 150 valence electrons. The molecule has 0 amide bonds. The Labute approximate surface area is 164 Å². The van der Waals surface area contributed by atoms with E-state index in [1.165, 1.54) is 26.4 Å². The van der Waals surface area contributed by atoms with E-state index in [0.29, 0.717) is 23.9 Å². The first kappa shape index (κ1) is 19.8. The van der Waals surface area contributed by atoms with Crippen LogP contribution in [-0.4, -0.2) is 44.0 Å². The molecule has 1 aromatic carbocycles. The second-order valence-corrected chi connectivity index (χ2v) is 6.44. The molecule has 0 N–H and O–H groups in total. The van der Waals surface area contributed by atoms with Crippen LogP contribution in [0.3, 0.4) is 0 Å². The molecule has 1 saturated heterocycles. The fourth-order valence-corrected chi connectivity index (χ4v) is 2.95. The van der Waals surface area contributed by atoms with Gasteiger partial charge in [0.15, 0.2) is 11.5 Å². The van der Waals surface area contributed by atoms with Crippen molar-refractivity contribution in [1.29, 1.82) is 0 Å². The van der Waals surface area contributed by atoms with Crippen LogP contribution in [-0.2, 0) is 11.3 Å². The number of furan rings is 1. The lowest BCUT2D eigenvalue weighted by Gasteiger charge is -2.23. The Kier molecular flexibility index (Phi) is 6.94. The van der Waals surface area contributed by atoms with Crippen LogP contribution in [0.2, 0.25) is 0 Å². The fourth-order valence-electron chi connectivity index (χ4n) is 2.95. The quantitative estimate of drug-likeness (QED) is 0.507. The molecule has 0 bridgehead atoms.